The zero-order valence-corrected chi connectivity index (χ0v) is 14.4. The van der Waals surface area contributed by atoms with Crippen LogP contribution in [0.25, 0.3) is 0 Å². The fourth-order valence-electron chi connectivity index (χ4n) is 2.90. The van der Waals surface area contributed by atoms with E-state index < -0.39 is 27.4 Å². The van der Waals surface area contributed by atoms with Crippen molar-refractivity contribution in [3.8, 4) is 0 Å². The van der Waals surface area contributed by atoms with Crippen LogP contribution in [0.4, 0.5) is 24.5 Å². The van der Waals surface area contributed by atoms with Gasteiger partial charge in [-0.2, -0.15) is 13.2 Å². The number of rotatable bonds is 3. The Morgan fingerprint density at radius 3 is 2.32 bits per heavy atom. The number of carbonyl (C=O) groups excluding carboxylic acids is 1. The fourth-order valence-corrected chi connectivity index (χ4v) is 3.17. The lowest BCUT2D eigenvalue weighted by Gasteiger charge is -2.33. The SMILES string of the molecule is CN(C)C(=O)C1CCN(c2cc(Cl)c(C(F)(F)F)cc2[N+](=O)[O-])CC1. The van der Waals surface area contributed by atoms with E-state index in [0.717, 1.165) is 6.07 Å². The Morgan fingerprint density at radius 1 is 1.32 bits per heavy atom. The highest BCUT2D eigenvalue weighted by Gasteiger charge is 2.37. The zero-order valence-electron chi connectivity index (χ0n) is 13.6. The minimum absolute atomic E-state index is 0.0281. The van der Waals surface area contributed by atoms with Crippen LogP contribution in [-0.2, 0) is 11.0 Å². The molecule has 0 saturated carbocycles. The Kier molecular flexibility index (Phi) is 5.46. The number of hydrogen-bond acceptors (Lipinski definition) is 4. The molecule has 138 valence electrons. The second-order valence-electron chi connectivity index (χ2n) is 6.07. The predicted octanol–water partition coefficient (Wildman–Crippen LogP) is 3.57. The molecule has 1 heterocycles. The molecule has 0 atom stereocenters. The number of carbonyl (C=O) groups is 1. The first-order valence-corrected chi connectivity index (χ1v) is 7.91. The van der Waals surface area contributed by atoms with Crippen LogP contribution >= 0.6 is 11.6 Å². The van der Waals surface area contributed by atoms with E-state index in [0.29, 0.717) is 32.0 Å². The van der Waals surface area contributed by atoms with E-state index in [9.17, 15) is 28.1 Å². The van der Waals surface area contributed by atoms with Crippen LogP contribution in [-0.4, -0.2) is 42.9 Å². The van der Waals surface area contributed by atoms with E-state index in [1.807, 2.05) is 0 Å². The van der Waals surface area contributed by atoms with Crippen LogP contribution in [0.5, 0.6) is 0 Å². The third-order valence-corrected chi connectivity index (χ3v) is 4.50. The first-order chi connectivity index (χ1) is 11.5. The first kappa shape index (κ1) is 19.3. The molecule has 1 aliphatic rings. The maximum atomic E-state index is 12.9. The number of benzene rings is 1. The first-order valence-electron chi connectivity index (χ1n) is 7.53. The summed E-state index contributed by atoms with van der Waals surface area (Å²) in [6.45, 7) is 0.652. The van der Waals surface area contributed by atoms with Crippen LogP contribution in [0.2, 0.25) is 5.02 Å². The molecule has 0 aromatic heterocycles. The minimum atomic E-state index is -4.77. The molecule has 25 heavy (non-hydrogen) atoms. The third kappa shape index (κ3) is 4.15. The Bertz CT molecular complexity index is 687. The van der Waals surface area contributed by atoms with Crippen molar-refractivity contribution in [3.05, 3.63) is 32.8 Å². The average Bonchev–Trinajstić information content (AvgIpc) is 2.52. The van der Waals surface area contributed by atoms with Crippen molar-refractivity contribution in [2.45, 2.75) is 19.0 Å². The van der Waals surface area contributed by atoms with Gasteiger partial charge in [0.15, 0.2) is 0 Å². The molecule has 1 saturated heterocycles. The van der Waals surface area contributed by atoms with Gasteiger partial charge in [0.1, 0.15) is 5.69 Å². The molecule has 0 spiro atoms. The van der Waals surface area contributed by atoms with Crippen molar-refractivity contribution < 1.29 is 22.9 Å². The van der Waals surface area contributed by atoms with Crippen molar-refractivity contribution in [2.24, 2.45) is 5.92 Å². The molecule has 10 heteroatoms. The predicted molar refractivity (Wildman–Crippen MR) is 86.7 cm³/mol. The number of hydrogen-bond donors (Lipinski definition) is 0. The van der Waals surface area contributed by atoms with Crippen LogP contribution in [0.15, 0.2) is 12.1 Å². The number of amides is 1. The van der Waals surface area contributed by atoms with Gasteiger partial charge in [-0.3, -0.25) is 14.9 Å². The summed E-state index contributed by atoms with van der Waals surface area (Å²) in [4.78, 5) is 25.4. The van der Waals surface area contributed by atoms with Crippen molar-refractivity contribution in [1.82, 2.24) is 4.90 Å². The van der Waals surface area contributed by atoms with E-state index >= 15 is 0 Å². The summed E-state index contributed by atoms with van der Waals surface area (Å²) < 4.78 is 38.8. The second-order valence-corrected chi connectivity index (χ2v) is 6.48. The Morgan fingerprint density at radius 2 is 1.88 bits per heavy atom. The van der Waals surface area contributed by atoms with Gasteiger partial charge in [-0.15, -0.1) is 0 Å². The van der Waals surface area contributed by atoms with E-state index in [2.05, 4.69) is 0 Å². The van der Waals surface area contributed by atoms with Crippen molar-refractivity contribution in [3.63, 3.8) is 0 Å². The molecule has 2 rings (SSSR count). The Balaban J connectivity index is 2.30. The van der Waals surface area contributed by atoms with Crippen LogP contribution in [0.3, 0.4) is 0 Å². The largest absolute Gasteiger partial charge is 0.418 e. The maximum absolute atomic E-state index is 12.9. The summed E-state index contributed by atoms with van der Waals surface area (Å²) in [5, 5.41) is 10.6. The van der Waals surface area contributed by atoms with Crippen LogP contribution in [0.1, 0.15) is 18.4 Å². The lowest BCUT2D eigenvalue weighted by atomic mass is 9.95. The van der Waals surface area contributed by atoms with Crippen LogP contribution in [0, 0.1) is 16.0 Å². The van der Waals surface area contributed by atoms with Gasteiger partial charge in [0.05, 0.1) is 15.5 Å². The van der Waals surface area contributed by atoms with Gasteiger partial charge in [0.2, 0.25) is 5.91 Å². The summed E-state index contributed by atoms with van der Waals surface area (Å²) in [6, 6.07) is 1.45. The lowest BCUT2D eigenvalue weighted by molar-refractivity contribution is -0.384. The minimum Gasteiger partial charge on any atom is -0.366 e. The van der Waals surface area contributed by atoms with Gasteiger partial charge in [0, 0.05) is 39.2 Å². The quantitative estimate of drug-likeness (QED) is 0.594. The standard InChI is InChI=1S/C15H17ClF3N3O3/c1-20(2)14(23)9-3-5-21(6-4-9)12-8-11(16)10(15(17,18)19)7-13(12)22(24)25/h7-9H,3-6H2,1-2H3. The molecule has 6 nitrogen and oxygen atoms in total. The number of alkyl halides is 3. The number of halogens is 4. The smallest absolute Gasteiger partial charge is 0.366 e. The van der Waals surface area contributed by atoms with Gasteiger partial charge < -0.3 is 9.80 Å². The number of piperidine rings is 1. The molecule has 1 aliphatic heterocycles. The molecule has 0 N–H and O–H groups in total. The summed E-state index contributed by atoms with van der Waals surface area (Å²) >= 11 is 5.70. The number of nitro groups is 1. The van der Waals surface area contributed by atoms with Crippen molar-refractivity contribution >= 4 is 28.9 Å². The lowest BCUT2D eigenvalue weighted by Crippen LogP contribution is -2.40. The maximum Gasteiger partial charge on any atom is 0.418 e. The normalized spacial score (nSPS) is 16.0. The van der Waals surface area contributed by atoms with Gasteiger partial charge >= 0.3 is 6.18 Å². The van der Waals surface area contributed by atoms with Gasteiger partial charge in [-0.05, 0) is 18.9 Å². The topological polar surface area (TPSA) is 66.7 Å². The molecule has 1 fully saturated rings. The van der Waals surface area contributed by atoms with Crippen molar-refractivity contribution in [1.29, 1.82) is 0 Å². The average molecular weight is 380 g/mol. The molecular formula is C15H17ClF3N3O3. The fraction of sp³-hybridized carbons (Fsp3) is 0.533. The van der Waals surface area contributed by atoms with Crippen LogP contribution < -0.4 is 4.90 Å². The van der Waals surface area contributed by atoms with E-state index in [1.54, 1.807) is 19.0 Å². The monoisotopic (exact) mass is 379 g/mol. The van der Waals surface area contributed by atoms with Gasteiger partial charge in [-0.25, -0.2) is 0 Å². The number of nitro benzene ring substituents is 1. The molecule has 0 radical (unpaired) electrons. The molecule has 0 bridgehead atoms. The summed E-state index contributed by atoms with van der Waals surface area (Å²) in [7, 11) is 3.30. The summed E-state index contributed by atoms with van der Waals surface area (Å²) in [5.41, 5.74) is -1.84. The summed E-state index contributed by atoms with van der Waals surface area (Å²) in [5.74, 6) is -0.227. The highest BCUT2D eigenvalue weighted by molar-refractivity contribution is 6.31. The van der Waals surface area contributed by atoms with Crippen molar-refractivity contribution in [2.75, 3.05) is 32.1 Å². The second kappa shape index (κ2) is 7.07. The number of anilines is 1. The van der Waals surface area contributed by atoms with E-state index in [4.69, 9.17) is 11.6 Å². The molecule has 0 unspecified atom stereocenters. The molecule has 1 aromatic carbocycles. The molecule has 1 aromatic rings. The van der Waals surface area contributed by atoms with Gasteiger partial charge in [0.25, 0.3) is 5.69 Å². The zero-order chi connectivity index (χ0) is 18.9. The highest BCUT2D eigenvalue weighted by atomic mass is 35.5. The highest BCUT2D eigenvalue weighted by Crippen LogP contribution is 2.42. The third-order valence-electron chi connectivity index (χ3n) is 4.19. The summed E-state index contributed by atoms with van der Waals surface area (Å²) in [6.07, 6.45) is -3.84. The Hall–Kier alpha value is -2.03. The molecule has 1 amide bonds. The van der Waals surface area contributed by atoms with Gasteiger partial charge in [-0.1, -0.05) is 11.6 Å². The molecule has 0 aliphatic carbocycles. The molecular weight excluding hydrogens is 363 g/mol. The Labute approximate surface area is 147 Å². The van der Waals surface area contributed by atoms with E-state index in [-0.39, 0.29) is 17.5 Å². The number of nitrogens with zero attached hydrogens (tertiary/aromatic N) is 3. The van der Waals surface area contributed by atoms with E-state index in [1.165, 1.54) is 4.90 Å².